The van der Waals surface area contributed by atoms with Crippen molar-refractivity contribution in [1.82, 2.24) is 10.1 Å². The minimum Gasteiger partial charge on any atom is -0.454 e. The lowest BCUT2D eigenvalue weighted by atomic mass is 9.77. The molecule has 6 nitrogen and oxygen atoms in total. The van der Waals surface area contributed by atoms with E-state index in [2.05, 4.69) is 10.1 Å². The van der Waals surface area contributed by atoms with Gasteiger partial charge in [0.1, 0.15) is 0 Å². The van der Waals surface area contributed by atoms with Crippen LogP contribution in [0.4, 0.5) is 0 Å². The number of nitrogens with zero attached hydrogens (tertiary/aromatic N) is 2. The SMILES string of the molecule is Cl.NC1(c2noc(/C=C/c3cc(Cl)c4c(c3)OCO4)n2)CCC1. The molecule has 2 aliphatic rings. The molecule has 1 saturated carbocycles. The molecule has 2 heterocycles. The summed E-state index contributed by atoms with van der Waals surface area (Å²) >= 11 is 6.14. The quantitative estimate of drug-likeness (QED) is 0.908. The first-order valence-electron chi connectivity index (χ1n) is 7.04. The molecule has 0 radical (unpaired) electrons. The summed E-state index contributed by atoms with van der Waals surface area (Å²) in [7, 11) is 0. The number of ether oxygens (including phenoxy) is 2. The van der Waals surface area contributed by atoms with Gasteiger partial charge in [-0.05, 0) is 43.0 Å². The summed E-state index contributed by atoms with van der Waals surface area (Å²) in [6.07, 6.45) is 6.45. The van der Waals surface area contributed by atoms with Gasteiger partial charge >= 0.3 is 0 Å². The van der Waals surface area contributed by atoms with Crippen LogP contribution in [0, 0.1) is 0 Å². The van der Waals surface area contributed by atoms with Gasteiger partial charge in [-0.3, -0.25) is 0 Å². The smallest absolute Gasteiger partial charge is 0.250 e. The average Bonchev–Trinajstić information content (AvgIpc) is 3.11. The lowest BCUT2D eigenvalue weighted by Gasteiger charge is -2.34. The number of fused-ring (bicyclic) bond motifs is 1. The molecular formula is C15H15Cl2N3O3. The number of aromatic nitrogens is 2. The van der Waals surface area contributed by atoms with E-state index in [0.717, 1.165) is 24.8 Å². The molecule has 122 valence electrons. The van der Waals surface area contributed by atoms with Crippen LogP contribution in [0.1, 0.15) is 36.5 Å². The maximum Gasteiger partial charge on any atom is 0.250 e. The number of hydrogen-bond acceptors (Lipinski definition) is 6. The molecule has 0 bridgehead atoms. The van der Waals surface area contributed by atoms with E-state index < -0.39 is 5.54 Å². The van der Waals surface area contributed by atoms with Gasteiger partial charge in [0.25, 0.3) is 5.89 Å². The second-order valence-corrected chi connectivity index (χ2v) is 5.94. The Morgan fingerprint density at radius 3 is 2.78 bits per heavy atom. The van der Waals surface area contributed by atoms with Gasteiger partial charge in [-0.1, -0.05) is 16.8 Å². The van der Waals surface area contributed by atoms with Crippen molar-refractivity contribution in [1.29, 1.82) is 0 Å². The van der Waals surface area contributed by atoms with Crippen molar-refractivity contribution in [2.24, 2.45) is 5.73 Å². The fourth-order valence-electron chi connectivity index (χ4n) is 2.54. The van der Waals surface area contributed by atoms with Gasteiger partial charge in [-0.15, -0.1) is 12.4 Å². The largest absolute Gasteiger partial charge is 0.454 e. The van der Waals surface area contributed by atoms with Crippen molar-refractivity contribution >= 4 is 36.2 Å². The average molecular weight is 356 g/mol. The predicted molar refractivity (Wildman–Crippen MR) is 87.8 cm³/mol. The summed E-state index contributed by atoms with van der Waals surface area (Å²) in [5, 5.41) is 4.47. The summed E-state index contributed by atoms with van der Waals surface area (Å²) in [5.74, 6) is 2.20. The summed E-state index contributed by atoms with van der Waals surface area (Å²) in [6, 6.07) is 3.64. The zero-order valence-corrected chi connectivity index (χ0v) is 13.7. The molecule has 0 atom stereocenters. The minimum atomic E-state index is -0.419. The first-order chi connectivity index (χ1) is 10.6. The van der Waals surface area contributed by atoms with E-state index in [9.17, 15) is 0 Å². The van der Waals surface area contributed by atoms with E-state index in [0.29, 0.717) is 28.2 Å². The third-order valence-electron chi connectivity index (χ3n) is 4.00. The molecule has 0 spiro atoms. The van der Waals surface area contributed by atoms with Crippen molar-refractivity contribution in [3.63, 3.8) is 0 Å². The van der Waals surface area contributed by atoms with Gasteiger partial charge in [0.05, 0.1) is 10.6 Å². The Balaban J connectivity index is 0.00000156. The second-order valence-electron chi connectivity index (χ2n) is 5.54. The molecule has 0 amide bonds. The maximum atomic E-state index is 6.17. The van der Waals surface area contributed by atoms with Crippen molar-refractivity contribution < 1.29 is 14.0 Å². The summed E-state index contributed by atoms with van der Waals surface area (Å²) in [4.78, 5) is 4.34. The summed E-state index contributed by atoms with van der Waals surface area (Å²) in [5.41, 5.74) is 6.61. The Kier molecular flexibility index (Phi) is 4.23. The van der Waals surface area contributed by atoms with Crippen molar-refractivity contribution in [2.75, 3.05) is 6.79 Å². The highest BCUT2D eigenvalue weighted by Crippen LogP contribution is 2.40. The summed E-state index contributed by atoms with van der Waals surface area (Å²) < 4.78 is 15.8. The fraction of sp³-hybridized carbons (Fsp3) is 0.333. The van der Waals surface area contributed by atoms with Crippen LogP contribution in [0.3, 0.4) is 0 Å². The van der Waals surface area contributed by atoms with E-state index in [-0.39, 0.29) is 19.2 Å². The third-order valence-corrected chi connectivity index (χ3v) is 4.28. The highest BCUT2D eigenvalue weighted by Gasteiger charge is 2.38. The van der Waals surface area contributed by atoms with Crippen LogP contribution >= 0.6 is 24.0 Å². The Labute approximate surface area is 144 Å². The number of benzene rings is 1. The number of halogens is 2. The topological polar surface area (TPSA) is 83.4 Å². The molecule has 2 N–H and O–H groups in total. The standard InChI is InChI=1S/C15H14ClN3O3.ClH/c16-10-6-9(7-11-13(10)21-8-20-11)2-3-12-18-14(19-22-12)15(17)4-1-5-15;/h2-3,6-7H,1,4-5,8,17H2;1H/b3-2+;. The number of rotatable bonds is 3. The number of nitrogens with two attached hydrogens (primary N) is 1. The van der Waals surface area contributed by atoms with Crippen LogP contribution in [0.2, 0.25) is 5.02 Å². The highest BCUT2D eigenvalue weighted by atomic mass is 35.5. The zero-order chi connectivity index (χ0) is 15.2. The van der Waals surface area contributed by atoms with Crippen LogP contribution in [0.5, 0.6) is 11.5 Å². The van der Waals surface area contributed by atoms with Gasteiger partial charge in [-0.2, -0.15) is 4.98 Å². The van der Waals surface area contributed by atoms with Crippen LogP contribution in [0.25, 0.3) is 12.2 Å². The molecule has 8 heteroatoms. The molecule has 1 aromatic carbocycles. The van der Waals surface area contributed by atoms with Gasteiger partial charge in [0, 0.05) is 6.08 Å². The molecule has 1 aliphatic carbocycles. The van der Waals surface area contributed by atoms with Crippen molar-refractivity contribution in [2.45, 2.75) is 24.8 Å². The van der Waals surface area contributed by atoms with Crippen molar-refractivity contribution in [3.8, 4) is 11.5 Å². The van der Waals surface area contributed by atoms with Crippen LogP contribution in [-0.2, 0) is 5.54 Å². The van der Waals surface area contributed by atoms with Gasteiger partial charge in [-0.25, -0.2) is 0 Å². The van der Waals surface area contributed by atoms with Gasteiger partial charge in [0.2, 0.25) is 6.79 Å². The molecule has 23 heavy (non-hydrogen) atoms. The molecule has 1 fully saturated rings. The third kappa shape index (κ3) is 2.89. The lowest BCUT2D eigenvalue weighted by molar-refractivity contribution is 0.174. The van der Waals surface area contributed by atoms with Crippen LogP contribution < -0.4 is 15.2 Å². The van der Waals surface area contributed by atoms with E-state index in [1.165, 1.54) is 0 Å². The van der Waals surface area contributed by atoms with E-state index in [1.807, 2.05) is 12.1 Å². The molecule has 4 rings (SSSR count). The van der Waals surface area contributed by atoms with Crippen molar-refractivity contribution in [3.05, 3.63) is 34.4 Å². The number of hydrogen-bond donors (Lipinski definition) is 1. The highest BCUT2D eigenvalue weighted by molar-refractivity contribution is 6.32. The second kappa shape index (κ2) is 6.03. The maximum absolute atomic E-state index is 6.17. The molecule has 0 saturated heterocycles. The Morgan fingerprint density at radius 2 is 2.04 bits per heavy atom. The lowest BCUT2D eigenvalue weighted by Crippen LogP contribution is -2.44. The zero-order valence-electron chi connectivity index (χ0n) is 12.1. The fourth-order valence-corrected chi connectivity index (χ4v) is 2.81. The molecular weight excluding hydrogens is 341 g/mol. The van der Waals surface area contributed by atoms with E-state index in [4.69, 9.17) is 31.3 Å². The van der Waals surface area contributed by atoms with Gasteiger partial charge in [0.15, 0.2) is 17.3 Å². The molecule has 1 aliphatic heterocycles. The van der Waals surface area contributed by atoms with E-state index in [1.54, 1.807) is 12.1 Å². The normalized spacial score (nSPS) is 17.8. The molecule has 0 unspecified atom stereocenters. The van der Waals surface area contributed by atoms with Gasteiger partial charge < -0.3 is 19.7 Å². The van der Waals surface area contributed by atoms with Crippen LogP contribution in [-0.4, -0.2) is 16.9 Å². The first kappa shape index (κ1) is 16.1. The Hall–Kier alpha value is -1.76. The molecule has 2 aromatic rings. The monoisotopic (exact) mass is 355 g/mol. The Bertz CT molecular complexity index is 756. The predicted octanol–water partition coefficient (Wildman–Crippen LogP) is 3.38. The van der Waals surface area contributed by atoms with Crippen LogP contribution in [0.15, 0.2) is 16.7 Å². The summed E-state index contributed by atoms with van der Waals surface area (Å²) in [6.45, 7) is 0.188. The molecule has 1 aromatic heterocycles. The Morgan fingerprint density at radius 1 is 1.22 bits per heavy atom. The van der Waals surface area contributed by atoms with E-state index >= 15 is 0 Å². The first-order valence-corrected chi connectivity index (χ1v) is 7.42. The minimum absolute atomic E-state index is 0.